The Bertz CT molecular complexity index is 252. The summed E-state index contributed by atoms with van der Waals surface area (Å²) < 4.78 is 4.81. The zero-order valence-corrected chi connectivity index (χ0v) is 6.93. The van der Waals surface area contributed by atoms with E-state index in [9.17, 15) is 0 Å². The van der Waals surface area contributed by atoms with E-state index >= 15 is 0 Å². The minimum atomic E-state index is -0.320. The lowest BCUT2D eigenvalue weighted by Crippen LogP contribution is -1.99. The van der Waals surface area contributed by atoms with Crippen molar-refractivity contribution in [1.29, 1.82) is 0 Å². The minimum Gasteiger partial charge on any atom is -0.539 e. The van der Waals surface area contributed by atoms with Gasteiger partial charge in [-0.2, -0.15) is 0 Å². The van der Waals surface area contributed by atoms with Crippen LogP contribution in [0.4, 0.5) is 0 Å². The molecular weight excluding hydrogens is 162 g/mol. The van der Waals surface area contributed by atoms with Gasteiger partial charge in [0.15, 0.2) is 0 Å². The summed E-state index contributed by atoms with van der Waals surface area (Å²) in [5.41, 5.74) is 0.997. The lowest BCUT2D eigenvalue weighted by atomic mass is 10.2. The summed E-state index contributed by atoms with van der Waals surface area (Å²) >= 11 is 5.79. The van der Waals surface area contributed by atoms with Crippen molar-refractivity contribution in [1.82, 2.24) is 0 Å². The van der Waals surface area contributed by atoms with Crippen molar-refractivity contribution in [3.05, 3.63) is 28.8 Å². The van der Waals surface area contributed by atoms with Crippen molar-refractivity contribution in [3.63, 3.8) is 0 Å². The van der Waals surface area contributed by atoms with E-state index in [0.29, 0.717) is 10.8 Å². The molecule has 2 nitrogen and oxygen atoms in total. The van der Waals surface area contributed by atoms with Gasteiger partial charge in [0.1, 0.15) is 5.75 Å². The number of halogens is 1. The molecule has 0 bridgehead atoms. The monoisotopic (exact) mass is 170 g/mol. The molecule has 1 N–H and O–H groups in total. The second-order valence-corrected chi connectivity index (χ2v) is 2.59. The molecular formula is C7H8BClO2. The molecule has 0 heterocycles. The Morgan fingerprint density at radius 2 is 2.27 bits per heavy atom. The maximum atomic E-state index is 8.41. The first-order valence-electron chi connectivity index (χ1n) is 3.24. The molecule has 0 saturated heterocycles. The van der Waals surface area contributed by atoms with Gasteiger partial charge in [-0.1, -0.05) is 17.7 Å². The number of hydrogen-bond donors (Lipinski definition) is 1. The highest BCUT2D eigenvalue weighted by Gasteiger charge is 1.97. The van der Waals surface area contributed by atoms with Crippen LogP contribution in [-0.2, 0) is 0 Å². The molecule has 0 aliphatic rings. The van der Waals surface area contributed by atoms with Crippen LogP contribution in [0.3, 0.4) is 0 Å². The lowest BCUT2D eigenvalue weighted by Gasteiger charge is -2.03. The van der Waals surface area contributed by atoms with Crippen LogP contribution in [0.1, 0.15) is 5.56 Å². The molecule has 0 atom stereocenters. The molecule has 1 aromatic rings. The van der Waals surface area contributed by atoms with E-state index in [1.807, 2.05) is 13.0 Å². The quantitative estimate of drug-likeness (QED) is 0.678. The zero-order valence-electron chi connectivity index (χ0n) is 6.17. The molecule has 0 unspecified atom stereocenters. The highest BCUT2D eigenvalue weighted by Crippen LogP contribution is 2.20. The fourth-order valence-electron chi connectivity index (χ4n) is 0.738. The Kier molecular flexibility index (Phi) is 2.80. The highest BCUT2D eigenvalue weighted by atomic mass is 35.5. The standard InChI is InChI=1S/C7H8BClO2/c1-5-2-3-6(11-8-10)4-7(5)9/h2-4,8,10H,1H3. The Labute approximate surface area is 71.1 Å². The van der Waals surface area contributed by atoms with Crippen molar-refractivity contribution >= 4 is 19.3 Å². The molecule has 0 aliphatic heterocycles. The third-order valence-corrected chi connectivity index (χ3v) is 1.78. The number of aryl methyl sites for hydroxylation is 1. The maximum absolute atomic E-state index is 8.41. The van der Waals surface area contributed by atoms with Gasteiger partial charge in [-0.15, -0.1) is 0 Å². The average molecular weight is 170 g/mol. The Morgan fingerprint density at radius 1 is 1.55 bits per heavy atom. The fourth-order valence-corrected chi connectivity index (χ4v) is 0.908. The van der Waals surface area contributed by atoms with E-state index in [2.05, 4.69) is 0 Å². The summed E-state index contributed by atoms with van der Waals surface area (Å²) in [7, 11) is -0.320. The average Bonchev–Trinajstić information content (AvgIpc) is 1.98. The van der Waals surface area contributed by atoms with Crippen LogP contribution >= 0.6 is 11.6 Å². The van der Waals surface area contributed by atoms with Crippen LogP contribution in [0.5, 0.6) is 5.75 Å². The second kappa shape index (κ2) is 3.65. The molecule has 0 radical (unpaired) electrons. The van der Waals surface area contributed by atoms with Gasteiger partial charge in [-0.05, 0) is 24.6 Å². The van der Waals surface area contributed by atoms with Crippen LogP contribution in [0.25, 0.3) is 0 Å². The van der Waals surface area contributed by atoms with E-state index in [1.54, 1.807) is 12.1 Å². The third-order valence-electron chi connectivity index (χ3n) is 1.37. The van der Waals surface area contributed by atoms with Crippen LogP contribution in [0, 0.1) is 6.92 Å². The summed E-state index contributed by atoms with van der Waals surface area (Å²) in [6, 6.07) is 5.28. The van der Waals surface area contributed by atoms with Gasteiger partial charge in [-0.3, -0.25) is 0 Å². The van der Waals surface area contributed by atoms with Crippen LogP contribution in [-0.4, -0.2) is 12.7 Å². The van der Waals surface area contributed by atoms with Gasteiger partial charge in [0.2, 0.25) is 0 Å². The van der Waals surface area contributed by atoms with Crippen LogP contribution < -0.4 is 4.65 Å². The first-order valence-corrected chi connectivity index (χ1v) is 3.61. The summed E-state index contributed by atoms with van der Waals surface area (Å²) in [4.78, 5) is 0. The van der Waals surface area contributed by atoms with E-state index in [-0.39, 0.29) is 7.69 Å². The molecule has 0 fully saturated rings. The summed E-state index contributed by atoms with van der Waals surface area (Å²) in [6.45, 7) is 1.91. The Balaban J connectivity index is 2.86. The van der Waals surface area contributed by atoms with Crippen molar-refractivity contribution in [2.75, 3.05) is 0 Å². The van der Waals surface area contributed by atoms with Gasteiger partial charge in [-0.25, -0.2) is 0 Å². The molecule has 4 heteroatoms. The van der Waals surface area contributed by atoms with Crippen molar-refractivity contribution in [2.24, 2.45) is 0 Å². The van der Waals surface area contributed by atoms with E-state index < -0.39 is 0 Å². The van der Waals surface area contributed by atoms with Crippen molar-refractivity contribution < 1.29 is 9.68 Å². The number of hydrogen-bond acceptors (Lipinski definition) is 2. The van der Waals surface area contributed by atoms with Gasteiger partial charge < -0.3 is 9.68 Å². The van der Waals surface area contributed by atoms with Crippen LogP contribution in [0.15, 0.2) is 18.2 Å². The molecule has 11 heavy (non-hydrogen) atoms. The van der Waals surface area contributed by atoms with E-state index in [4.69, 9.17) is 21.3 Å². The summed E-state index contributed by atoms with van der Waals surface area (Å²) in [5, 5.41) is 9.06. The Hall–Kier alpha value is -0.665. The van der Waals surface area contributed by atoms with Gasteiger partial charge in [0.25, 0.3) is 0 Å². The van der Waals surface area contributed by atoms with Crippen molar-refractivity contribution in [2.45, 2.75) is 6.92 Å². The maximum Gasteiger partial charge on any atom is 0.504 e. The molecule has 1 rings (SSSR count). The normalized spacial score (nSPS) is 9.36. The molecule has 58 valence electrons. The van der Waals surface area contributed by atoms with E-state index in [1.165, 1.54) is 0 Å². The SMILES string of the molecule is Cc1ccc(OBO)cc1Cl. The zero-order chi connectivity index (χ0) is 8.27. The highest BCUT2D eigenvalue weighted by molar-refractivity contribution is 6.31. The smallest absolute Gasteiger partial charge is 0.504 e. The largest absolute Gasteiger partial charge is 0.539 e. The predicted molar refractivity (Wildman–Crippen MR) is 46.2 cm³/mol. The lowest BCUT2D eigenvalue weighted by molar-refractivity contribution is 0.454. The molecule has 0 amide bonds. The second-order valence-electron chi connectivity index (χ2n) is 2.18. The molecule has 0 aromatic heterocycles. The fraction of sp³-hybridized carbons (Fsp3) is 0.143. The van der Waals surface area contributed by atoms with Gasteiger partial charge >= 0.3 is 7.69 Å². The molecule has 0 spiro atoms. The number of rotatable bonds is 2. The van der Waals surface area contributed by atoms with Crippen LogP contribution in [0.2, 0.25) is 5.02 Å². The van der Waals surface area contributed by atoms with Gasteiger partial charge in [0, 0.05) is 5.02 Å². The molecule has 1 aromatic carbocycles. The van der Waals surface area contributed by atoms with Gasteiger partial charge in [0.05, 0.1) is 0 Å². The minimum absolute atomic E-state index is 0.320. The topological polar surface area (TPSA) is 29.5 Å². The third kappa shape index (κ3) is 2.14. The van der Waals surface area contributed by atoms with E-state index in [0.717, 1.165) is 5.56 Å². The first kappa shape index (κ1) is 8.43. The summed E-state index contributed by atoms with van der Waals surface area (Å²) in [5.74, 6) is 0.586. The number of benzene rings is 1. The molecule has 0 aliphatic carbocycles. The predicted octanol–water partition coefficient (Wildman–Crippen LogP) is 1.29. The first-order chi connectivity index (χ1) is 5.24. The summed E-state index contributed by atoms with van der Waals surface area (Å²) in [6.07, 6.45) is 0. The Morgan fingerprint density at radius 3 is 2.82 bits per heavy atom. The molecule has 0 saturated carbocycles. The van der Waals surface area contributed by atoms with Crippen molar-refractivity contribution in [3.8, 4) is 5.75 Å².